The van der Waals surface area contributed by atoms with Crippen molar-refractivity contribution in [2.45, 2.75) is 32.8 Å². The second-order valence-electron chi connectivity index (χ2n) is 5.97. The molecule has 1 aromatic carbocycles. The van der Waals surface area contributed by atoms with E-state index in [9.17, 15) is 0 Å². The summed E-state index contributed by atoms with van der Waals surface area (Å²) in [6, 6.07) is 8.61. The van der Waals surface area contributed by atoms with Crippen LogP contribution >= 0.6 is 0 Å². The van der Waals surface area contributed by atoms with E-state index in [4.69, 9.17) is 9.84 Å². The van der Waals surface area contributed by atoms with Crippen molar-refractivity contribution in [3.63, 3.8) is 0 Å². The van der Waals surface area contributed by atoms with Crippen LogP contribution in [0.5, 0.6) is 0 Å². The van der Waals surface area contributed by atoms with E-state index in [1.165, 1.54) is 11.1 Å². The maximum Gasteiger partial charge on any atom is 0.191 e. The van der Waals surface area contributed by atoms with E-state index in [0.29, 0.717) is 12.5 Å². The van der Waals surface area contributed by atoms with Crippen LogP contribution in [0.4, 0.5) is 0 Å². The Morgan fingerprint density at radius 2 is 2.09 bits per heavy atom. The van der Waals surface area contributed by atoms with Gasteiger partial charge in [0.15, 0.2) is 5.96 Å². The Morgan fingerprint density at radius 3 is 2.78 bits per heavy atom. The zero-order chi connectivity index (χ0) is 16.5. The maximum atomic E-state index is 8.95. The summed E-state index contributed by atoms with van der Waals surface area (Å²) in [6.45, 7) is 7.09. The Labute approximate surface area is 139 Å². The lowest BCUT2D eigenvalue weighted by Crippen LogP contribution is -2.39. The lowest BCUT2D eigenvalue weighted by atomic mass is 9.89. The fourth-order valence-corrected chi connectivity index (χ4v) is 2.88. The summed E-state index contributed by atoms with van der Waals surface area (Å²) in [5, 5.41) is 15.3. The van der Waals surface area contributed by atoms with Gasteiger partial charge >= 0.3 is 0 Å². The molecule has 1 fully saturated rings. The molecule has 0 amide bonds. The number of aliphatic hydroxyl groups is 1. The van der Waals surface area contributed by atoms with Crippen molar-refractivity contribution in [1.82, 2.24) is 10.6 Å². The minimum absolute atomic E-state index is 0.100. The summed E-state index contributed by atoms with van der Waals surface area (Å²) in [4.78, 5) is 4.67. The third kappa shape index (κ3) is 5.52. The lowest BCUT2D eigenvalue weighted by Gasteiger charge is -2.31. The molecular formula is C18H29N3O2. The van der Waals surface area contributed by atoms with E-state index < -0.39 is 0 Å². The highest BCUT2D eigenvalue weighted by Crippen LogP contribution is 2.33. The number of hydrogen-bond donors (Lipinski definition) is 3. The quantitative estimate of drug-likeness (QED) is 0.554. The van der Waals surface area contributed by atoms with Crippen molar-refractivity contribution in [2.75, 3.05) is 32.8 Å². The van der Waals surface area contributed by atoms with Crippen molar-refractivity contribution >= 4 is 5.96 Å². The molecule has 1 saturated heterocycles. The van der Waals surface area contributed by atoms with E-state index in [-0.39, 0.29) is 12.7 Å². The van der Waals surface area contributed by atoms with Gasteiger partial charge in [-0.15, -0.1) is 0 Å². The predicted molar refractivity (Wildman–Crippen MR) is 93.7 cm³/mol. The zero-order valence-electron chi connectivity index (χ0n) is 14.2. The molecule has 0 bridgehead atoms. The molecule has 1 aromatic rings. The Bertz CT molecular complexity index is 488. The molecule has 0 spiro atoms. The summed E-state index contributed by atoms with van der Waals surface area (Å²) in [7, 11) is 0. The Hall–Kier alpha value is -1.59. The van der Waals surface area contributed by atoms with Crippen LogP contribution in [0.15, 0.2) is 29.3 Å². The number of guanidine groups is 1. The molecular weight excluding hydrogens is 290 g/mol. The fraction of sp³-hybridized carbons (Fsp3) is 0.611. The number of aliphatic imine (C=N–C) groups is 1. The maximum absolute atomic E-state index is 8.95. The van der Waals surface area contributed by atoms with Gasteiger partial charge < -0.3 is 20.5 Å². The van der Waals surface area contributed by atoms with Gasteiger partial charge in [-0.25, -0.2) is 0 Å². The molecule has 1 heterocycles. The first-order valence-corrected chi connectivity index (χ1v) is 8.55. The zero-order valence-corrected chi connectivity index (χ0v) is 14.2. The molecule has 0 aromatic heterocycles. The average molecular weight is 319 g/mol. The number of benzene rings is 1. The molecule has 1 aliphatic heterocycles. The van der Waals surface area contributed by atoms with Crippen molar-refractivity contribution in [3.8, 4) is 0 Å². The predicted octanol–water partition coefficient (Wildman–Crippen LogP) is 2.01. The molecule has 0 radical (unpaired) electrons. The van der Waals surface area contributed by atoms with Gasteiger partial charge in [0.05, 0.1) is 12.7 Å². The topological polar surface area (TPSA) is 65.9 Å². The second kappa shape index (κ2) is 9.53. The Balaban J connectivity index is 2.03. The molecule has 0 aliphatic carbocycles. The van der Waals surface area contributed by atoms with E-state index in [1.54, 1.807) is 0 Å². The van der Waals surface area contributed by atoms with Crippen molar-refractivity contribution in [1.29, 1.82) is 0 Å². The highest BCUT2D eigenvalue weighted by molar-refractivity contribution is 5.79. The molecule has 2 rings (SSSR count). The summed E-state index contributed by atoms with van der Waals surface area (Å²) < 4.78 is 6.04. The van der Waals surface area contributed by atoms with Gasteiger partial charge in [0.1, 0.15) is 0 Å². The summed E-state index contributed by atoms with van der Waals surface area (Å²) in [5.74, 6) is 1.14. The molecule has 0 saturated carbocycles. The fourth-order valence-electron chi connectivity index (χ4n) is 2.88. The van der Waals surface area contributed by atoms with Crippen LogP contribution in [-0.2, 0) is 4.74 Å². The second-order valence-corrected chi connectivity index (χ2v) is 5.97. The van der Waals surface area contributed by atoms with Crippen molar-refractivity contribution in [3.05, 3.63) is 35.4 Å². The van der Waals surface area contributed by atoms with E-state index in [0.717, 1.165) is 38.5 Å². The third-order valence-corrected chi connectivity index (χ3v) is 4.08. The van der Waals surface area contributed by atoms with Gasteiger partial charge in [-0.05, 0) is 32.3 Å². The molecule has 5 nitrogen and oxygen atoms in total. The Morgan fingerprint density at radius 1 is 1.30 bits per heavy atom. The molecule has 3 N–H and O–H groups in total. The molecule has 1 aliphatic rings. The first-order chi connectivity index (χ1) is 11.2. The average Bonchev–Trinajstić information content (AvgIpc) is 2.58. The number of nitrogens with one attached hydrogen (secondary N) is 2. The van der Waals surface area contributed by atoms with Gasteiger partial charge in [0.25, 0.3) is 0 Å². The van der Waals surface area contributed by atoms with Crippen LogP contribution in [0, 0.1) is 12.8 Å². The molecule has 128 valence electrons. The third-order valence-electron chi connectivity index (χ3n) is 4.08. The monoisotopic (exact) mass is 319 g/mol. The first kappa shape index (κ1) is 17.8. The minimum Gasteiger partial charge on any atom is -0.395 e. The largest absolute Gasteiger partial charge is 0.395 e. The van der Waals surface area contributed by atoms with E-state index in [2.05, 4.69) is 46.8 Å². The molecule has 2 atom stereocenters. The molecule has 23 heavy (non-hydrogen) atoms. The normalized spacial score (nSPS) is 22.0. The SMILES string of the molecule is CCNC(=NCC1CCCOC1c1ccc(C)cc1)NCCO. The van der Waals surface area contributed by atoms with Crippen molar-refractivity contribution < 1.29 is 9.84 Å². The van der Waals surface area contributed by atoms with Crippen LogP contribution < -0.4 is 10.6 Å². The van der Waals surface area contributed by atoms with Crippen molar-refractivity contribution in [2.24, 2.45) is 10.9 Å². The number of rotatable bonds is 6. The first-order valence-electron chi connectivity index (χ1n) is 8.55. The molecule has 2 unspecified atom stereocenters. The van der Waals surface area contributed by atoms with Gasteiger partial charge in [-0.1, -0.05) is 29.8 Å². The van der Waals surface area contributed by atoms with Gasteiger partial charge in [0.2, 0.25) is 0 Å². The highest BCUT2D eigenvalue weighted by Gasteiger charge is 2.27. The highest BCUT2D eigenvalue weighted by atomic mass is 16.5. The van der Waals surface area contributed by atoms with Crippen LogP contribution in [0.2, 0.25) is 0 Å². The number of aryl methyl sites for hydroxylation is 1. The van der Waals surface area contributed by atoms with E-state index >= 15 is 0 Å². The van der Waals surface area contributed by atoms with Crippen LogP contribution in [0.3, 0.4) is 0 Å². The van der Waals surface area contributed by atoms with Gasteiger partial charge in [-0.2, -0.15) is 0 Å². The molecule has 5 heteroatoms. The summed E-state index contributed by atoms with van der Waals surface area (Å²) in [5.41, 5.74) is 2.51. The number of nitrogens with zero attached hydrogens (tertiary/aromatic N) is 1. The summed E-state index contributed by atoms with van der Waals surface area (Å²) >= 11 is 0. The van der Waals surface area contributed by atoms with Gasteiger partial charge in [0, 0.05) is 32.2 Å². The minimum atomic E-state index is 0.100. The number of ether oxygens (including phenoxy) is 1. The lowest BCUT2D eigenvalue weighted by molar-refractivity contribution is -0.0250. The van der Waals surface area contributed by atoms with E-state index in [1.807, 2.05) is 6.92 Å². The Kier molecular flexibility index (Phi) is 7.36. The number of hydrogen-bond acceptors (Lipinski definition) is 3. The number of aliphatic hydroxyl groups excluding tert-OH is 1. The van der Waals surface area contributed by atoms with Gasteiger partial charge in [-0.3, -0.25) is 4.99 Å². The van der Waals surface area contributed by atoms with Crippen LogP contribution in [0.25, 0.3) is 0 Å². The van der Waals surface area contributed by atoms with Crippen LogP contribution in [0.1, 0.15) is 37.0 Å². The smallest absolute Gasteiger partial charge is 0.191 e. The van der Waals surface area contributed by atoms with Crippen LogP contribution in [-0.4, -0.2) is 43.9 Å². The summed E-state index contributed by atoms with van der Waals surface area (Å²) in [6.07, 6.45) is 2.33. The standard InChI is InChI=1S/C18H29N3O2/c1-3-19-18(20-10-11-22)21-13-16-5-4-12-23-17(16)15-8-6-14(2)7-9-15/h6-9,16-17,22H,3-5,10-13H2,1-2H3,(H2,19,20,21).